The van der Waals surface area contributed by atoms with Crippen LogP contribution in [0, 0.1) is 0 Å². The van der Waals surface area contributed by atoms with Crippen LogP contribution in [0.2, 0.25) is 0 Å². The number of carboxylic acid groups (broad SMARTS) is 1. The first-order valence-corrected chi connectivity index (χ1v) is 10.2. The Hall–Kier alpha value is -4.12. The molecule has 1 aliphatic heterocycles. The molecule has 2 unspecified atom stereocenters. The van der Waals surface area contributed by atoms with Gasteiger partial charge in [0.2, 0.25) is 11.8 Å². The molecule has 0 fully saturated rings. The molecule has 3 rings (SSSR count). The average Bonchev–Trinajstić information content (AvgIpc) is 3.13. The average molecular weight is 472 g/mol. The monoisotopic (exact) mass is 472 g/mol. The Balaban J connectivity index is 0.000000387. The standard InChI is InChI=1S/C19H20N2O4.C4H8N2O3/c1-24-16-8-7-12(9-17(16)25-2)15(10-18(20)22)21-11-13-5-3-4-6-14(13)19(21)23;5-2(4(8)9)1-3(6)7/h3-9,15H,10-11H2,1-2H3,(H2,20,22);2H,1,5H2,(H2,6,7)(H,8,9). The molecule has 2 aromatic carbocycles. The third-order valence-electron chi connectivity index (χ3n) is 5.15. The van der Waals surface area contributed by atoms with Gasteiger partial charge in [0.1, 0.15) is 6.04 Å². The molecule has 0 radical (unpaired) electrons. The van der Waals surface area contributed by atoms with Crippen molar-refractivity contribution in [2.45, 2.75) is 31.5 Å². The van der Waals surface area contributed by atoms with Crippen LogP contribution in [-0.2, 0) is 20.9 Å². The van der Waals surface area contributed by atoms with Crippen LogP contribution in [0.5, 0.6) is 11.5 Å². The molecule has 11 heteroatoms. The summed E-state index contributed by atoms with van der Waals surface area (Å²) in [5.74, 6) is -1.36. The number of primary amides is 2. The maximum absolute atomic E-state index is 12.8. The van der Waals surface area contributed by atoms with Gasteiger partial charge in [-0.1, -0.05) is 24.3 Å². The van der Waals surface area contributed by atoms with Crippen molar-refractivity contribution in [3.8, 4) is 11.5 Å². The van der Waals surface area contributed by atoms with Gasteiger partial charge in [-0.2, -0.15) is 0 Å². The number of carbonyl (C=O) groups excluding carboxylic acids is 3. The van der Waals surface area contributed by atoms with Crippen LogP contribution in [0.3, 0.4) is 0 Å². The third kappa shape index (κ3) is 6.45. The fourth-order valence-electron chi connectivity index (χ4n) is 3.49. The van der Waals surface area contributed by atoms with E-state index >= 15 is 0 Å². The van der Waals surface area contributed by atoms with Gasteiger partial charge >= 0.3 is 5.97 Å². The number of carboxylic acids is 1. The molecule has 3 amide bonds. The Morgan fingerprint density at radius 2 is 1.62 bits per heavy atom. The predicted molar refractivity (Wildman–Crippen MR) is 122 cm³/mol. The number of benzene rings is 2. The minimum atomic E-state index is -1.21. The van der Waals surface area contributed by atoms with Crippen molar-refractivity contribution in [2.24, 2.45) is 17.2 Å². The lowest BCUT2D eigenvalue weighted by atomic mass is 10.0. The molecule has 0 aromatic heterocycles. The molecular weight excluding hydrogens is 444 g/mol. The van der Waals surface area contributed by atoms with Crippen LogP contribution in [0.25, 0.3) is 0 Å². The second-order valence-electron chi connectivity index (χ2n) is 7.51. The van der Waals surface area contributed by atoms with Crippen molar-refractivity contribution in [3.63, 3.8) is 0 Å². The minimum Gasteiger partial charge on any atom is -0.493 e. The highest BCUT2D eigenvalue weighted by Gasteiger charge is 2.34. The highest BCUT2D eigenvalue weighted by atomic mass is 16.5. The maximum atomic E-state index is 12.8. The Labute approximate surface area is 196 Å². The van der Waals surface area contributed by atoms with E-state index in [9.17, 15) is 19.2 Å². The largest absolute Gasteiger partial charge is 0.493 e. The van der Waals surface area contributed by atoms with Gasteiger partial charge < -0.3 is 36.7 Å². The van der Waals surface area contributed by atoms with E-state index in [2.05, 4.69) is 5.73 Å². The van der Waals surface area contributed by atoms with E-state index in [1.165, 1.54) is 0 Å². The summed E-state index contributed by atoms with van der Waals surface area (Å²) in [4.78, 5) is 46.0. The zero-order valence-electron chi connectivity index (χ0n) is 18.9. The third-order valence-corrected chi connectivity index (χ3v) is 5.15. The molecular formula is C23H28N4O7. The number of rotatable bonds is 9. The van der Waals surface area contributed by atoms with Gasteiger partial charge in [-0.05, 0) is 29.3 Å². The number of nitrogens with zero attached hydrogens (tertiary/aromatic N) is 1. The summed E-state index contributed by atoms with van der Waals surface area (Å²) in [7, 11) is 3.10. The molecule has 11 nitrogen and oxygen atoms in total. The van der Waals surface area contributed by atoms with Gasteiger partial charge in [0.05, 0.1) is 33.1 Å². The van der Waals surface area contributed by atoms with E-state index in [0.29, 0.717) is 23.6 Å². The fraction of sp³-hybridized carbons (Fsp3) is 0.304. The summed E-state index contributed by atoms with van der Waals surface area (Å²) in [6, 6.07) is 11.2. The zero-order chi connectivity index (χ0) is 25.4. The second-order valence-corrected chi connectivity index (χ2v) is 7.51. The van der Waals surface area contributed by atoms with Crippen molar-refractivity contribution < 1.29 is 33.8 Å². The quantitative estimate of drug-likeness (QED) is 0.407. The van der Waals surface area contributed by atoms with E-state index in [-0.39, 0.29) is 18.7 Å². The van der Waals surface area contributed by atoms with Gasteiger partial charge in [-0.15, -0.1) is 0 Å². The van der Waals surface area contributed by atoms with Crippen molar-refractivity contribution in [1.82, 2.24) is 4.90 Å². The maximum Gasteiger partial charge on any atom is 0.321 e. The number of ether oxygens (including phenoxy) is 2. The van der Waals surface area contributed by atoms with E-state index in [1.807, 2.05) is 24.3 Å². The molecule has 0 spiro atoms. The van der Waals surface area contributed by atoms with Gasteiger partial charge in [-0.3, -0.25) is 19.2 Å². The number of fused-ring (bicyclic) bond motifs is 1. The van der Waals surface area contributed by atoms with Gasteiger partial charge in [0.15, 0.2) is 11.5 Å². The molecule has 7 N–H and O–H groups in total. The SMILES string of the molecule is COc1ccc(C(CC(N)=O)N2Cc3ccccc3C2=O)cc1OC.NC(=O)CC(N)C(=O)O. The molecule has 34 heavy (non-hydrogen) atoms. The summed E-state index contributed by atoms with van der Waals surface area (Å²) in [6.45, 7) is 0.446. The van der Waals surface area contributed by atoms with E-state index in [0.717, 1.165) is 11.1 Å². The normalized spacial score (nSPS) is 13.7. The number of hydrogen-bond donors (Lipinski definition) is 4. The van der Waals surface area contributed by atoms with E-state index in [1.54, 1.807) is 37.3 Å². The van der Waals surface area contributed by atoms with E-state index < -0.39 is 29.9 Å². The fourth-order valence-corrected chi connectivity index (χ4v) is 3.49. The van der Waals surface area contributed by atoms with Crippen molar-refractivity contribution >= 4 is 23.7 Å². The lowest BCUT2D eigenvalue weighted by molar-refractivity contribution is -0.140. The summed E-state index contributed by atoms with van der Waals surface area (Å²) < 4.78 is 10.6. The molecule has 0 saturated carbocycles. The molecule has 182 valence electrons. The zero-order valence-corrected chi connectivity index (χ0v) is 18.9. The van der Waals surface area contributed by atoms with Gasteiger partial charge in [0, 0.05) is 12.1 Å². The molecule has 0 aliphatic carbocycles. The topological polar surface area (TPSA) is 188 Å². The van der Waals surface area contributed by atoms with Crippen molar-refractivity contribution in [2.75, 3.05) is 14.2 Å². The number of hydrogen-bond acceptors (Lipinski definition) is 7. The molecule has 2 atom stereocenters. The Morgan fingerprint density at radius 1 is 1.00 bits per heavy atom. The van der Waals surface area contributed by atoms with Crippen LogP contribution in [-0.4, -0.2) is 54.0 Å². The Morgan fingerprint density at radius 3 is 2.12 bits per heavy atom. The summed E-state index contributed by atoms with van der Waals surface area (Å²) in [6.07, 6.45) is -0.273. The Kier molecular flexibility index (Phi) is 8.96. The first-order valence-electron chi connectivity index (χ1n) is 10.2. The molecule has 0 saturated heterocycles. The van der Waals surface area contributed by atoms with Crippen LogP contribution in [0.15, 0.2) is 42.5 Å². The first kappa shape index (κ1) is 26.1. The van der Waals surface area contributed by atoms with Crippen molar-refractivity contribution in [1.29, 1.82) is 0 Å². The van der Waals surface area contributed by atoms with Crippen LogP contribution in [0.1, 0.15) is 40.4 Å². The molecule has 2 aromatic rings. The molecule has 0 bridgehead atoms. The summed E-state index contributed by atoms with van der Waals surface area (Å²) >= 11 is 0. The predicted octanol–water partition coefficient (Wildman–Crippen LogP) is 0.550. The molecule has 1 aliphatic rings. The highest BCUT2D eigenvalue weighted by molar-refractivity contribution is 5.98. The lowest BCUT2D eigenvalue weighted by Gasteiger charge is -2.28. The summed E-state index contributed by atoms with van der Waals surface area (Å²) in [5.41, 5.74) is 17.4. The number of nitrogens with two attached hydrogens (primary N) is 3. The van der Waals surface area contributed by atoms with Gasteiger partial charge in [-0.25, -0.2) is 0 Å². The van der Waals surface area contributed by atoms with Crippen LogP contribution in [0.4, 0.5) is 0 Å². The van der Waals surface area contributed by atoms with E-state index in [4.69, 9.17) is 26.0 Å². The minimum absolute atomic E-state index is 0.0369. The Bertz CT molecular complexity index is 1070. The number of amides is 3. The van der Waals surface area contributed by atoms with Crippen molar-refractivity contribution in [3.05, 3.63) is 59.2 Å². The van der Waals surface area contributed by atoms with Crippen LogP contribution < -0.4 is 26.7 Å². The lowest BCUT2D eigenvalue weighted by Crippen LogP contribution is -2.34. The number of aliphatic carboxylic acids is 1. The molecule has 1 heterocycles. The summed E-state index contributed by atoms with van der Waals surface area (Å²) in [5, 5.41) is 8.10. The number of carbonyl (C=O) groups is 4. The van der Waals surface area contributed by atoms with Gasteiger partial charge in [0.25, 0.3) is 5.91 Å². The van der Waals surface area contributed by atoms with Crippen LogP contribution >= 0.6 is 0 Å². The first-order chi connectivity index (χ1) is 16.1. The highest BCUT2D eigenvalue weighted by Crippen LogP contribution is 2.37. The second kappa shape index (κ2) is 11.7. The number of methoxy groups -OCH3 is 2. The smallest absolute Gasteiger partial charge is 0.321 e.